The Hall–Kier alpha value is -1.95. The van der Waals surface area contributed by atoms with Crippen LogP contribution in [-0.4, -0.2) is 61.4 Å². The second-order valence-electron chi connectivity index (χ2n) is 6.15. The van der Waals surface area contributed by atoms with Crippen LogP contribution in [0.3, 0.4) is 0 Å². The monoisotopic (exact) mass is 351 g/mol. The van der Waals surface area contributed by atoms with E-state index in [1.54, 1.807) is 24.1 Å². The molecule has 0 atom stereocenters. The lowest BCUT2D eigenvalue weighted by Gasteiger charge is -2.35. The minimum Gasteiger partial charge on any atom is -0.493 e. The van der Waals surface area contributed by atoms with Crippen molar-refractivity contribution in [2.24, 2.45) is 5.92 Å². The highest BCUT2D eigenvalue weighted by molar-refractivity contribution is 6.32. The molecule has 2 amide bonds. The summed E-state index contributed by atoms with van der Waals surface area (Å²) >= 11 is 6.07. The van der Waals surface area contributed by atoms with Gasteiger partial charge in [-0.1, -0.05) is 17.7 Å². The molecule has 1 aliphatic heterocycles. The van der Waals surface area contributed by atoms with Gasteiger partial charge in [-0.3, -0.25) is 9.59 Å². The summed E-state index contributed by atoms with van der Waals surface area (Å²) in [7, 11) is 1.55. The molecule has 0 spiro atoms. The molecule has 6 nitrogen and oxygen atoms in total. The Morgan fingerprint density at radius 3 is 2.50 bits per heavy atom. The van der Waals surface area contributed by atoms with Crippen LogP contribution in [0.5, 0.6) is 5.75 Å². The maximum absolute atomic E-state index is 12.4. The van der Waals surface area contributed by atoms with Crippen molar-refractivity contribution >= 4 is 29.1 Å². The van der Waals surface area contributed by atoms with Crippen LogP contribution in [-0.2, 0) is 9.59 Å². The number of benzene rings is 1. The average molecular weight is 352 g/mol. The first kappa shape index (κ1) is 16.9. The zero-order valence-electron chi connectivity index (χ0n) is 13.8. The van der Waals surface area contributed by atoms with Crippen LogP contribution in [0.25, 0.3) is 0 Å². The molecule has 1 saturated heterocycles. The number of ether oxygens (including phenoxy) is 1. The van der Waals surface area contributed by atoms with Crippen molar-refractivity contribution in [2.45, 2.75) is 12.8 Å². The van der Waals surface area contributed by atoms with Crippen molar-refractivity contribution in [2.75, 3.05) is 45.2 Å². The predicted molar refractivity (Wildman–Crippen MR) is 92.4 cm³/mol. The van der Waals surface area contributed by atoms with Gasteiger partial charge in [-0.2, -0.15) is 0 Å². The Balaban J connectivity index is 1.49. The number of rotatable bonds is 5. The average Bonchev–Trinajstić information content (AvgIpc) is 3.44. The lowest BCUT2D eigenvalue weighted by molar-refractivity contribution is -0.139. The van der Waals surface area contributed by atoms with Crippen molar-refractivity contribution in [3.8, 4) is 5.75 Å². The van der Waals surface area contributed by atoms with Crippen LogP contribution >= 0.6 is 11.6 Å². The number of amides is 2. The lowest BCUT2D eigenvalue weighted by atomic mass is 10.2. The number of hydrogen-bond donors (Lipinski definition) is 1. The first-order chi connectivity index (χ1) is 11.6. The van der Waals surface area contributed by atoms with Crippen LogP contribution in [0.4, 0.5) is 5.69 Å². The largest absolute Gasteiger partial charge is 0.493 e. The molecule has 1 heterocycles. The number of carbonyl (C=O) groups excluding carboxylic acids is 2. The molecule has 24 heavy (non-hydrogen) atoms. The molecular weight excluding hydrogens is 330 g/mol. The van der Waals surface area contributed by atoms with E-state index in [0.717, 1.165) is 12.8 Å². The molecule has 3 rings (SSSR count). The van der Waals surface area contributed by atoms with Gasteiger partial charge in [0.2, 0.25) is 11.8 Å². The Morgan fingerprint density at radius 2 is 1.88 bits per heavy atom. The van der Waals surface area contributed by atoms with Gasteiger partial charge in [-0.05, 0) is 25.0 Å². The molecule has 0 unspecified atom stereocenters. The zero-order valence-corrected chi connectivity index (χ0v) is 14.5. The van der Waals surface area contributed by atoms with Crippen LogP contribution in [0.1, 0.15) is 12.8 Å². The molecule has 2 aliphatic rings. The Labute approximate surface area is 146 Å². The van der Waals surface area contributed by atoms with Gasteiger partial charge < -0.3 is 19.9 Å². The van der Waals surface area contributed by atoms with Crippen LogP contribution in [0, 0.1) is 5.92 Å². The van der Waals surface area contributed by atoms with E-state index in [2.05, 4.69) is 5.32 Å². The molecule has 0 aromatic heterocycles. The van der Waals surface area contributed by atoms with E-state index < -0.39 is 0 Å². The summed E-state index contributed by atoms with van der Waals surface area (Å²) < 4.78 is 5.26. The van der Waals surface area contributed by atoms with Crippen molar-refractivity contribution in [3.05, 3.63) is 23.2 Å². The number of carbonyl (C=O) groups is 2. The van der Waals surface area contributed by atoms with E-state index >= 15 is 0 Å². The van der Waals surface area contributed by atoms with Gasteiger partial charge in [-0.15, -0.1) is 0 Å². The molecule has 0 radical (unpaired) electrons. The molecule has 1 N–H and O–H groups in total. The molecule has 2 fully saturated rings. The smallest absolute Gasteiger partial charge is 0.241 e. The summed E-state index contributed by atoms with van der Waals surface area (Å²) in [5.74, 6) is 1.04. The van der Waals surface area contributed by atoms with Crippen LogP contribution in [0.2, 0.25) is 5.02 Å². The summed E-state index contributed by atoms with van der Waals surface area (Å²) in [4.78, 5) is 28.1. The van der Waals surface area contributed by atoms with Crippen molar-refractivity contribution in [3.63, 3.8) is 0 Å². The Kier molecular flexibility index (Phi) is 5.14. The summed E-state index contributed by atoms with van der Waals surface area (Å²) in [6.45, 7) is 2.60. The van der Waals surface area contributed by atoms with Gasteiger partial charge in [0.25, 0.3) is 0 Å². The van der Waals surface area contributed by atoms with Crippen molar-refractivity contribution in [1.29, 1.82) is 0 Å². The number of nitrogens with zero attached hydrogens (tertiary/aromatic N) is 2. The number of methoxy groups -OCH3 is 1. The molecule has 1 aliphatic carbocycles. The molecule has 1 aromatic carbocycles. The SMILES string of the molecule is COc1c(Cl)cccc1NCC(=O)N1CCN(C(=O)C2CC2)CC1. The van der Waals surface area contributed by atoms with E-state index in [4.69, 9.17) is 16.3 Å². The normalized spacial score (nSPS) is 17.6. The van der Waals surface area contributed by atoms with E-state index in [9.17, 15) is 9.59 Å². The second-order valence-corrected chi connectivity index (χ2v) is 6.56. The number of hydrogen-bond acceptors (Lipinski definition) is 4. The van der Waals surface area contributed by atoms with Gasteiger partial charge in [-0.25, -0.2) is 0 Å². The first-order valence-corrected chi connectivity index (χ1v) is 8.61. The zero-order chi connectivity index (χ0) is 17.1. The van der Waals surface area contributed by atoms with Gasteiger partial charge in [0.1, 0.15) is 0 Å². The predicted octanol–water partition coefficient (Wildman–Crippen LogP) is 1.84. The van der Waals surface area contributed by atoms with Gasteiger partial charge in [0.15, 0.2) is 5.75 Å². The standard InChI is InChI=1S/C17H22ClN3O3/c1-24-16-13(18)3-2-4-14(16)19-11-15(22)20-7-9-21(10-8-20)17(23)12-5-6-12/h2-4,12,19H,5-11H2,1H3. The van der Waals surface area contributed by atoms with Gasteiger partial charge in [0, 0.05) is 32.1 Å². The second kappa shape index (κ2) is 7.30. The van der Waals surface area contributed by atoms with E-state index in [1.165, 1.54) is 0 Å². The lowest BCUT2D eigenvalue weighted by Crippen LogP contribution is -2.52. The van der Waals surface area contributed by atoms with Gasteiger partial charge >= 0.3 is 0 Å². The molecule has 1 aromatic rings. The molecule has 1 saturated carbocycles. The molecule has 0 bridgehead atoms. The summed E-state index contributed by atoms with van der Waals surface area (Å²) in [5.41, 5.74) is 0.695. The highest BCUT2D eigenvalue weighted by atomic mass is 35.5. The fraction of sp³-hybridized carbons (Fsp3) is 0.529. The van der Waals surface area contributed by atoms with E-state index in [-0.39, 0.29) is 24.3 Å². The highest BCUT2D eigenvalue weighted by Crippen LogP contribution is 2.32. The third-order valence-corrected chi connectivity index (χ3v) is 4.77. The van der Waals surface area contributed by atoms with Crippen molar-refractivity contribution in [1.82, 2.24) is 9.80 Å². The Morgan fingerprint density at radius 1 is 1.21 bits per heavy atom. The topological polar surface area (TPSA) is 61.9 Å². The summed E-state index contributed by atoms with van der Waals surface area (Å²) in [5, 5.41) is 3.59. The number of para-hydroxylation sites is 1. The number of anilines is 1. The van der Waals surface area contributed by atoms with E-state index in [1.807, 2.05) is 11.0 Å². The third-order valence-electron chi connectivity index (χ3n) is 4.47. The minimum atomic E-state index is 0.00977. The number of piperazine rings is 1. The van der Waals surface area contributed by atoms with Crippen LogP contribution in [0.15, 0.2) is 18.2 Å². The molecule has 130 valence electrons. The highest BCUT2D eigenvalue weighted by Gasteiger charge is 2.35. The molecular formula is C17H22ClN3O3. The minimum absolute atomic E-state index is 0.00977. The summed E-state index contributed by atoms with van der Waals surface area (Å²) in [6, 6.07) is 5.37. The fourth-order valence-corrected chi connectivity index (χ4v) is 3.15. The fourth-order valence-electron chi connectivity index (χ4n) is 2.90. The molecule has 7 heteroatoms. The van der Waals surface area contributed by atoms with Crippen LogP contribution < -0.4 is 10.1 Å². The maximum atomic E-state index is 12.4. The Bertz CT molecular complexity index is 626. The quantitative estimate of drug-likeness (QED) is 0.879. The van der Waals surface area contributed by atoms with E-state index in [0.29, 0.717) is 42.6 Å². The van der Waals surface area contributed by atoms with Gasteiger partial charge in [0.05, 0.1) is 24.4 Å². The van der Waals surface area contributed by atoms with Crippen molar-refractivity contribution < 1.29 is 14.3 Å². The first-order valence-electron chi connectivity index (χ1n) is 8.23. The third kappa shape index (κ3) is 3.75. The maximum Gasteiger partial charge on any atom is 0.241 e. The number of nitrogens with one attached hydrogen (secondary N) is 1. The summed E-state index contributed by atoms with van der Waals surface area (Å²) in [6.07, 6.45) is 2.03. The number of halogens is 1.